The van der Waals surface area contributed by atoms with Crippen LogP contribution in [0.4, 0.5) is 4.79 Å². The molecule has 0 fully saturated rings. The van der Waals surface area contributed by atoms with Gasteiger partial charge >= 0.3 is 6.03 Å². The van der Waals surface area contributed by atoms with Crippen molar-refractivity contribution in [3.05, 3.63) is 5.82 Å². The molecule has 0 aliphatic rings. The lowest BCUT2D eigenvalue weighted by molar-refractivity contribution is -0.118. The van der Waals surface area contributed by atoms with Gasteiger partial charge in [-0.05, 0) is 0 Å². The van der Waals surface area contributed by atoms with Crippen molar-refractivity contribution < 1.29 is 9.59 Å². The molecule has 2 amide bonds. The van der Waals surface area contributed by atoms with Crippen molar-refractivity contribution in [3.8, 4) is 0 Å². The highest BCUT2D eigenvalue weighted by molar-refractivity contribution is 7.99. The zero-order chi connectivity index (χ0) is 16.2. The number of carbonyl (C=O) groups is 2. The second-order valence-corrected chi connectivity index (χ2v) is 6.95. The number of hydrogen-bond donors (Lipinski definition) is 1. The fourth-order valence-corrected chi connectivity index (χ4v) is 2.17. The molecule has 8 heteroatoms. The minimum absolute atomic E-state index is 0.0724. The molecule has 0 spiro atoms. The summed E-state index contributed by atoms with van der Waals surface area (Å²) in [6.45, 7) is 7.99. The molecule has 1 N–H and O–H groups in total. The van der Waals surface area contributed by atoms with E-state index in [9.17, 15) is 9.59 Å². The highest BCUT2D eigenvalue weighted by Gasteiger charge is 2.25. The molecule has 118 valence electrons. The molecule has 0 atom stereocenters. The van der Waals surface area contributed by atoms with Gasteiger partial charge in [0.05, 0.1) is 0 Å². The van der Waals surface area contributed by atoms with Crippen LogP contribution in [0.5, 0.6) is 0 Å². The van der Waals surface area contributed by atoms with Crippen LogP contribution >= 0.6 is 11.8 Å². The quantitative estimate of drug-likeness (QED) is 0.670. The van der Waals surface area contributed by atoms with E-state index in [4.69, 9.17) is 0 Å². The van der Waals surface area contributed by atoms with Crippen molar-refractivity contribution >= 4 is 23.7 Å². The fourth-order valence-electron chi connectivity index (χ4n) is 1.39. The van der Waals surface area contributed by atoms with Crippen molar-refractivity contribution in [2.24, 2.45) is 0 Å². The van der Waals surface area contributed by atoms with Gasteiger partial charge < -0.3 is 10.2 Å². The van der Waals surface area contributed by atoms with Crippen molar-refractivity contribution in [2.75, 3.05) is 26.4 Å². The first-order chi connectivity index (χ1) is 9.62. The molecule has 0 bridgehead atoms. The van der Waals surface area contributed by atoms with Crippen LogP contribution in [0.15, 0.2) is 5.16 Å². The summed E-state index contributed by atoms with van der Waals surface area (Å²) in [5, 5.41) is 7.58. The van der Waals surface area contributed by atoms with Gasteiger partial charge in [-0.3, -0.25) is 4.79 Å². The van der Waals surface area contributed by atoms with Gasteiger partial charge in [0.2, 0.25) is 5.91 Å². The molecule has 0 unspecified atom stereocenters. The smallest absolute Gasteiger partial charge is 0.346 e. The lowest BCUT2D eigenvalue weighted by atomic mass is 9.96. The van der Waals surface area contributed by atoms with Crippen molar-refractivity contribution in [3.63, 3.8) is 0 Å². The highest BCUT2D eigenvalue weighted by Crippen LogP contribution is 2.23. The van der Waals surface area contributed by atoms with Gasteiger partial charge in [0, 0.05) is 38.7 Å². The zero-order valence-electron chi connectivity index (χ0n) is 13.4. The summed E-state index contributed by atoms with van der Waals surface area (Å²) in [5.41, 5.74) is -0.231. The van der Waals surface area contributed by atoms with E-state index < -0.39 is 0 Å². The number of thioether (sulfide) groups is 1. The van der Waals surface area contributed by atoms with E-state index in [1.165, 1.54) is 28.3 Å². The third kappa shape index (κ3) is 5.04. The van der Waals surface area contributed by atoms with E-state index in [2.05, 4.69) is 15.4 Å². The Balaban J connectivity index is 2.91. The third-order valence-electron chi connectivity index (χ3n) is 2.52. The fraction of sp³-hybridized carbons (Fsp3) is 0.692. The van der Waals surface area contributed by atoms with E-state index in [0.717, 1.165) is 0 Å². The molecule has 0 radical (unpaired) electrons. The Labute approximate surface area is 129 Å². The molecule has 0 saturated carbocycles. The summed E-state index contributed by atoms with van der Waals surface area (Å²) in [6, 6.07) is -0.236. The molecule has 1 rings (SSSR count). The number of amides is 2. The Morgan fingerprint density at radius 2 is 1.95 bits per heavy atom. The average molecular weight is 313 g/mol. The summed E-state index contributed by atoms with van der Waals surface area (Å²) in [6.07, 6.45) is 0. The molecule has 21 heavy (non-hydrogen) atoms. The van der Waals surface area contributed by atoms with Gasteiger partial charge in [-0.2, -0.15) is 4.68 Å². The van der Waals surface area contributed by atoms with E-state index in [0.29, 0.717) is 23.3 Å². The molecular weight excluding hydrogens is 290 g/mol. The Bertz CT molecular complexity index is 519. The summed E-state index contributed by atoms with van der Waals surface area (Å²) >= 11 is 1.40. The molecule has 0 aliphatic heterocycles. The number of carbonyl (C=O) groups excluding carboxylic acids is 2. The Morgan fingerprint density at radius 1 is 1.33 bits per heavy atom. The molecule has 7 nitrogen and oxygen atoms in total. The van der Waals surface area contributed by atoms with Crippen LogP contribution in [-0.2, 0) is 10.2 Å². The molecule has 0 aliphatic carbocycles. The van der Waals surface area contributed by atoms with Crippen molar-refractivity contribution in [1.82, 2.24) is 25.0 Å². The minimum atomic E-state index is -0.236. The normalized spacial score (nSPS) is 11.3. The lowest BCUT2D eigenvalue weighted by Crippen LogP contribution is -2.29. The van der Waals surface area contributed by atoms with Crippen LogP contribution in [0.2, 0.25) is 0 Å². The first kappa shape index (κ1) is 17.5. The van der Waals surface area contributed by atoms with Gasteiger partial charge in [-0.25, -0.2) is 9.78 Å². The highest BCUT2D eigenvalue weighted by atomic mass is 32.2. The number of hydrogen-bond acceptors (Lipinski definition) is 5. The van der Waals surface area contributed by atoms with E-state index in [1.807, 2.05) is 20.8 Å². The molecule has 1 heterocycles. The predicted octanol–water partition coefficient (Wildman–Crippen LogP) is 1.33. The summed E-state index contributed by atoms with van der Waals surface area (Å²) < 4.78 is 1.32. The predicted molar refractivity (Wildman–Crippen MR) is 82.6 cm³/mol. The minimum Gasteiger partial charge on any atom is -0.356 e. The van der Waals surface area contributed by atoms with E-state index in [-0.39, 0.29) is 17.4 Å². The number of nitrogens with one attached hydrogen (secondary N) is 1. The first-order valence-electron chi connectivity index (χ1n) is 6.69. The van der Waals surface area contributed by atoms with Crippen molar-refractivity contribution in [1.29, 1.82) is 0 Å². The van der Waals surface area contributed by atoms with Gasteiger partial charge in [-0.15, -0.1) is 5.10 Å². The van der Waals surface area contributed by atoms with Crippen LogP contribution in [0.3, 0.4) is 0 Å². The van der Waals surface area contributed by atoms with Crippen LogP contribution in [0.1, 0.15) is 33.5 Å². The van der Waals surface area contributed by atoms with E-state index in [1.54, 1.807) is 14.1 Å². The van der Waals surface area contributed by atoms with Crippen molar-refractivity contribution in [2.45, 2.75) is 38.3 Å². The Kier molecular flexibility index (Phi) is 5.77. The first-order valence-corrected chi connectivity index (χ1v) is 7.68. The molecule has 0 aromatic carbocycles. The SMILES string of the molecule is CC(=O)NCCSc1nc(C(C)(C)C)nn1C(=O)N(C)C. The average Bonchev–Trinajstić information content (AvgIpc) is 2.77. The van der Waals surface area contributed by atoms with Crippen LogP contribution in [0, 0.1) is 0 Å². The lowest BCUT2D eigenvalue weighted by Gasteiger charge is -2.13. The summed E-state index contributed by atoms with van der Waals surface area (Å²) in [7, 11) is 3.35. The topological polar surface area (TPSA) is 80.1 Å². The van der Waals surface area contributed by atoms with Gasteiger partial charge in [0.25, 0.3) is 0 Å². The maximum Gasteiger partial charge on any atom is 0.346 e. The molecular formula is C13H23N5O2S. The van der Waals surface area contributed by atoms with Crippen LogP contribution in [0.25, 0.3) is 0 Å². The van der Waals surface area contributed by atoms with Crippen LogP contribution in [-0.4, -0.2) is 58.0 Å². The summed E-state index contributed by atoms with van der Waals surface area (Å²) in [4.78, 5) is 28.9. The summed E-state index contributed by atoms with van der Waals surface area (Å²) in [5.74, 6) is 1.18. The maximum atomic E-state index is 12.1. The standard InChI is InChI=1S/C13H23N5O2S/c1-9(19)14-7-8-21-11-15-10(13(2,3)4)16-18(11)12(20)17(5)6/h7-8H2,1-6H3,(H,14,19). The molecule has 1 aromatic heterocycles. The molecule has 1 aromatic rings. The number of aromatic nitrogens is 3. The Morgan fingerprint density at radius 3 is 2.43 bits per heavy atom. The van der Waals surface area contributed by atoms with Gasteiger partial charge in [-0.1, -0.05) is 32.5 Å². The zero-order valence-corrected chi connectivity index (χ0v) is 14.2. The largest absolute Gasteiger partial charge is 0.356 e. The van der Waals surface area contributed by atoms with Crippen LogP contribution < -0.4 is 5.32 Å². The second-order valence-electron chi connectivity index (χ2n) is 5.89. The number of rotatable bonds is 4. The monoisotopic (exact) mass is 313 g/mol. The third-order valence-corrected chi connectivity index (χ3v) is 3.45. The number of nitrogens with zero attached hydrogens (tertiary/aromatic N) is 4. The molecule has 0 saturated heterocycles. The Hall–Kier alpha value is -1.57. The van der Waals surface area contributed by atoms with Gasteiger partial charge in [0.15, 0.2) is 11.0 Å². The van der Waals surface area contributed by atoms with E-state index >= 15 is 0 Å². The second kappa shape index (κ2) is 6.93. The maximum absolute atomic E-state index is 12.1. The van der Waals surface area contributed by atoms with Gasteiger partial charge in [0.1, 0.15) is 0 Å².